The molecule has 0 aromatic rings. The number of hydrogen-bond donors (Lipinski definition) is 1. The van der Waals surface area contributed by atoms with Crippen LogP contribution >= 0.6 is 0 Å². The number of nitrogens with zero attached hydrogens (tertiary/aromatic N) is 1. The van der Waals surface area contributed by atoms with Crippen molar-refractivity contribution in [2.24, 2.45) is 0 Å². The lowest BCUT2D eigenvalue weighted by Gasteiger charge is -2.33. The fraction of sp³-hybridized carbons (Fsp3) is 1.00. The van der Waals surface area contributed by atoms with Gasteiger partial charge in [0.15, 0.2) is 0 Å². The van der Waals surface area contributed by atoms with Crippen LogP contribution in [0.3, 0.4) is 0 Å². The molecule has 3 atom stereocenters. The summed E-state index contributed by atoms with van der Waals surface area (Å²) in [4.78, 5) is 2.55. The van der Waals surface area contributed by atoms with Crippen molar-refractivity contribution in [2.75, 3.05) is 26.7 Å². The second-order valence-corrected chi connectivity index (χ2v) is 5.10. The quantitative estimate of drug-likeness (QED) is 0.795. The molecular formula is C13H28N2O. The van der Waals surface area contributed by atoms with Gasteiger partial charge in [-0.3, -0.25) is 0 Å². The third-order valence-corrected chi connectivity index (χ3v) is 3.60. The smallest absolute Gasteiger partial charge is 0.0670 e. The Morgan fingerprint density at radius 3 is 2.69 bits per heavy atom. The van der Waals surface area contributed by atoms with Crippen LogP contribution in [-0.2, 0) is 4.74 Å². The van der Waals surface area contributed by atoms with Crippen LogP contribution in [0.25, 0.3) is 0 Å². The summed E-state index contributed by atoms with van der Waals surface area (Å²) in [6.07, 6.45) is 4.09. The molecule has 1 heterocycles. The molecule has 3 nitrogen and oxygen atoms in total. The zero-order valence-corrected chi connectivity index (χ0v) is 11.3. The highest BCUT2D eigenvalue weighted by Gasteiger charge is 2.18. The molecule has 1 N–H and O–H groups in total. The van der Waals surface area contributed by atoms with Crippen molar-refractivity contribution in [3.05, 3.63) is 0 Å². The first-order valence-corrected chi connectivity index (χ1v) is 6.66. The molecule has 0 radical (unpaired) electrons. The van der Waals surface area contributed by atoms with Crippen molar-refractivity contribution in [3.8, 4) is 0 Å². The number of ether oxygens (including phenoxy) is 1. The summed E-state index contributed by atoms with van der Waals surface area (Å²) < 4.78 is 5.35. The lowest BCUT2D eigenvalue weighted by atomic mass is 10.1. The third kappa shape index (κ3) is 4.81. The molecule has 96 valence electrons. The molecule has 0 amide bonds. The van der Waals surface area contributed by atoms with Gasteiger partial charge in [-0.05, 0) is 46.2 Å². The van der Waals surface area contributed by atoms with Gasteiger partial charge < -0.3 is 15.0 Å². The van der Waals surface area contributed by atoms with Crippen molar-refractivity contribution in [1.82, 2.24) is 10.2 Å². The van der Waals surface area contributed by atoms with Crippen LogP contribution in [-0.4, -0.2) is 49.8 Å². The summed E-state index contributed by atoms with van der Waals surface area (Å²) in [6.45, 7) is 10.2. The first-order valence-electron chi connectivity index (χ1n) is 6.66. The molecule has 1 rings (SSSR count). The van der Waals surface area contributed by atoms with E-state index in [0.29, 0.717) is 18.2 Å². The SMILES string of the molecule is CCC1CCN(CC(C)OC)CCC(C)N1. The third-order valence-electron chi connectivity index (χ3n) is 3.60. The summed E-state index contributed by atoms with van der Waals surface area (Å²) >= 11 is 0. The van der Waals surface area contributed by atoms with Gasteiger partial charge in [-0.15, -0.1) is 0 Å². The van der Waals surface area contributed by atoms with E-state index in [2.05, 4.69) is 31.0 Å². The minimum Gasteiger partial charge on any atom is -0.380 e. The maximum Gasteiger partial charge on any atom is 0.0670 e. The van der Waals surface area contributed by atoms with Crippen molar-refractivity contribution in [2.45, 2.75) is 58.2 Å². The average molecular weight is 228 g/mol. The monoisotopic (exact) mass is 228 g/mol. The molecule has 3 heteroatoms. The summed E-state index contributed by atoms with van der Waals surface area (Å²) in [6, 6.07) is 1.33. The van der Waals surface area contributed by atoms with Crippen LogP contribution in [0.1, 0.15) is 40.0 Å². The Morgan fingerprint density at radius 2 is 2.06 bits per heavy atom. The zero-order chi connectivity index (χ0) is 12.0. The van der Waals surface area contributed by atoms with E-state index in [4.69, 9.17) is 4.74 Å². The Hall–Kier alpha value is -0.120. The van der Waals surface area contributed by atoms with E-state index in [9.17, 15) is 0 Å². The minimum absolute atomic E-state index is 0.350. The number of methoxy groups -OCH3 is 1. The van der Waals surface area contributed by atoms with Crippen LogP contribution in [0.5, 0.6) is 0 Å². The molecular weight excluding hydrogens is 200 g/mol. The minimum atomic E-state index is 0.350. The van der Waals surface area contributed by atoms with E-state index in [1.165, 1.54) is 32.4 Å². The van der Waals surface area contributed by atoms with Crippen LogP contribution in [0, 0.1) is 0 Å². The van der Waals surface area contributed by atoms with E-state index < -0.39 is 0 Å². The number of nitrogens with one attached hydrogen (secondary N) is 1. The standard InChI is InChI=1S/C13H28N2O/c1-5-13-7-9-15(10-12(3)16-4)8-6-11(2)14-13/h11-14H,5-10H2,1-4H3. The predicted octanol–water partition coefficient (Wildman–Crippen LogP) is 1.87. The van der Waals surface area contributed by atoms with Gasteiger partial charge in [0.1, 0.15) is 0 Å². The molecule has 3 unspecified atom stereocenters. The summed E-state index contributed by atoms with van der Waals surface area (Å²) in [5.41, 5.74) is 0. The highest BCUT2D eigenvalue weighted by atomic mass is 16.5. The van der Waals surface area contributed by atoms with E-state index in [0.717, 1.165) is 6.54 Å². The van der Waals surface area contributed by atoms with Gasteiger partial charge >= 0.3 is 0 Å². The van der Waals surface area contributed by atoms with Gasteiger partial charge in [-0.2, -0.15) is 0 Å². The van der Waals surface area contributed by atoms with Gasteiger partial charge in [0, 0.05) is 25.7 Å². The normalized spacial score (nSPS) is 30.8. The van der Waals surface area contributed by atoms with Crippen molar-refractivity contribution in [1.29, 1.82) is 0 Å². The first kappa shape index (κ1) is 13.9. The molecule has 0 aromatic heterocycles. The molecule has 1 saturated heterocycles. The highest BCUT2D eigenvalue weighted by Crippen LogP contribution is 2.09. The van der Waals surface area contributed by atoms with Gasteiger partial charge in [0.2, 0.25) is 0 Å². The van der Waals surface area contributed by atoms with Crippen LogP contribution < -0.4 is 5.32 Å². The first-order chi connectivity index (χ1) is 7.65. The Bertz CT molecular complexity index is 187. The molecule has 0 saturated carbocycles. The van der Waals surface area contributed by atoms with Crippen molar-refractivity contribution < 1.29 is 4.74 Å². The number of hydrogen-bond acceptors (Lipinski definition) is 3. The van der Waals surface area contributed by atoms with Gasteiger partial charge in [0.25, 0.3) is 0 Å². The second kappa shape index (κ2) is 7.25. The highest BCUT2D eigenvalue weighted by molar-refractivity contribution is 4.77. The Labute approximate surface area is 101 Å². The average Bonchev–Trinajstić information content (AvgIpc) is 2.27. The van der Waals surface area contributed by atoms with Crippen LogP contribution in [0.2, 0.25) is 0 Å². The lowest BCUT2D eigenvalue weighted by molar-refractivity contribution is 0.0706. The Kier molecular flexibility index (Phi) is 6.32. The summed E-state index contributed by atoms with van der Waals surface area (Å²) in [7, 11) is 1.80. The maximum absolute atomic E-state index is 5.35. The number of rotatable bonds is 4. The molecule has 1 fully saturated rings. The fourth-order valence-electron chi connectivity index (χ4n) is 2.34. The van der Waals surface area contributed by atoms with Gasteiger partial charge in [-0.25, -0.2) is 0 Å². The van der Waals surface area contributed by atoms with Crippen molar-refractivity contribution in [3.63, 3.8) is 0 Å². The molecule has 0 bridgehead atoms. The summed E-state index contributed by atoms with van der Waals surface area (Å²) in [5, 5.41) is 3.70. The van der Waals surface area contributed by atoms with Gasteiger partial charge in [-0.1, -0.05) is 6.92 Å². The molecule has 0 aromatic carbocycles. The Morgan fingerprint density at radius 1 is 1.38 bits per heavy atom. The topological polar surface area (TPSA) is 24.5 Å². The second-order valence-electron chi connectivity index (χ2n) is 5.10. The maximum atomic E-state index is 5.35. The molecule has 16 heavy (non-hydrogen) atoms. The van der Waals surface area contributed by atoms with Crippen LogP contribution in [0.4, 0.5) is 0 Å². The molecule has 1 aliphatic rings. The fourth-order valence-corrected chi connectivity index (χ4v) is 2.34. The zero-order valence-electron chi connectivity index (χ0n) is 11.3. The summed E-state index contributed by atoms with van der Waals surface area (Å²) in [5.74, 6) is 0. The lowest BCUT2D eigenvalue weighted by Crippen LogP contribution is -2.45. The van der Waals surface area contributed by atoms with E-state index in [1.807, 2.05) is 0 Å². The predicted molar refractivity (Wildman–Crippen MR) is 68.8 cm³/mol. The van der Waals surface area contributed by atoms with Crippen molar-refractivity contribution >= 4 is 0 Å². The molecule has 0 spiro atoms. The van der Waals surface area contributed by atoms with Crippen LogP contribution in [0.15, 0.2) is 0 Å². The Balaban J connectivity index is 2.41. The van der Waals surface area contributed by atoms with E-state index in [1.54, 1.807) is 7.11 Å². The molecule has 1 aliphatic heterocycles. The largest absolute Gasteiger partial charge is 0.380 e. The molecule has 0 aliphatic carbocycles. The van der Waals surface area contributed by atoms with E-state index in [-0.39, 0.29) is 0 Å². The van der Waals surface area contributed by atoms with E-state index >= 15 is 0 Å². The van der Waals surface area contributed by atoms with Gasteiger partial charge in [0.05, 0.1) is 6.10 Å².